The van der Waals surface area contributed by atoms with Crippen molar-refractivity contribution < 1.29 is 14.3 Å². The number of carbonyl (C=O) groups excluding carboxylic acids is 2. The summed E-state index contributed by atoms with van der Waals surface area (Å²) in [4.78, 5) is 21.1. The second kappa shape index (κ2) is 2.57. The Morgan fingerprint density at radius 1 is 1.40 bits per heavy atom. The van der Waals surface area contributed by atoms with Gasteiger partial charge in [0.2, 0.25) is 0 Å². The second-order valence-corrected chi connectivity index (χ2v) is 1.85. The molecule has 1 saturated heterocycles. The molecule has 1 aliphatic heterocycles. The first-order chi connectivity index (χ1) is 4.70. The topological polar surface area (TPSA) is 79.2 Å². The van der Waals surface area contributed by atoms with Crippen molar-refractivity contribution in [2.45, 2.75) is 0 Å². The zero-order valence-corrected chi connectivity index (χ0v) is 5.14. The van der Waals surface area contributed by atoms with Gasteiger partial charge in [0, 0.05) is 0 Å². The summed E-state index contributed by atoms with van der Waals surface area (Å²) in [5.41, 5.74) is -0.217. The zero-order valence-electron chi connectivity index (χ0n) is 5.14. The molecule has 1 aliphatic rings. The van der Waals surface area contributed by atoms with E-state index >= 15 is 0 Å². The molecular formula is C5H6N2O3. The van der Waals surface area contributed by atoms with Gasteiger partial charge >= 0.3 is 0 Å². The molecule has 1 rings (SSSR count). The van der Waals surface area contributed by atoms with Crippen molar-refractivity contribution in [3.63, 3.8) is 0 Å². The lowest BCUT2D eigenvalue weighted by molar-refractivity contribution is -0.128. The van der Waals surface area contributed by atoms with Gasteiger partial charge in [-0.25, -0.2) is 0 Å². The summed E-state index contributed by atoms with van der Waals surface area (Å²) < 4.78 is 4.63. The van der Waals surface area contributed by atoms with Crippen LogP contribution in [0.25, 0.3) is 0 Å². The second-order valence-electron chi connectivity index (χ2n) is 1.85. The predicted octanol–water partition coefficient (Wildman–Crippen LogP) is -1.32. The zero-order chi connectivity index (χ0) is 7.56. The van der Waals surface area contributed by atoms with E-state index in [1.54, 1.807) is 0 Å². The highest BCUT2D eigenvalue weighted by atomic mass is 16.5. The van der Waals surface area contributed by atoms with Crippen LogP contribution < -0.4 is 5.32 Å². The largest absolute Gasteiger partial charge is 0.365 e. The Hall–Kier alpha value is -1.23. The van der Waals surface area contributed by atoms with E-state index in [0.717, 1.165) is 0 Å². The molecule has 2 amide bonds. The lowest BCUT2D eigenvalue weighted by Gasteiger charge is -1.92. The summed E-state index contributed by atoms with van der Waals surface area (Å²) in [7, 11) is 0. The van der Waals surface area contributed by atoms with E-state index in [9.17, 15) is 9.59 Å². The minimum absolute atomic E-state index is 0.0857. The minimum Gasteiger partial charge on any atom is -0.365 e. The van der Waals surface area contributed by atoms with E-state index in [4.69, 9.17) is 5.41 Å². The van der Waals surface area contributed by atoms with Gasteiger partial charge in [-0.1, -0.05) is 0 Å². The first kappa shape index (κ1) is 6.88. The Labute approximate surface area is 56.9 Å². The molecule has 1 heterocycles. The molecule has 0 aromatic heterocycles. The average Bonchev–Trinajstić information content (AvgIpc) is 1.96. The van der Waals surface area contributed by atoms with Crippen LogP contribution in [0.5, 0.6) is 0 Å². The lowest BCUT2D eigenvalue weighted by atomic mass is 10.4. The van der Waals surface area contributed by atoms with Gasteiger partial charge in [0.25, 0.3) is 11.8 Å². The van der Waals surface area contributed by atoms with Gasteiger partial charge in [-0.15, -0.1) is 0 Å². The van der Waals surface area contributed by atoms with Gasteiger partial charge < -0.3 is 4.74 Å². The molecule has 5 heteroatoms. The highest BCUT2D eigenvalue weighted by molar-refractivity contribution is 6.41. The van der Waals surface area contributed by atoms with E-state index < -0.39 is 11.8 Å². The molecular weight excluding hydrogens is 136 g/mol. The Kier molecular flexibility index (Phi) is 1.77. The number of nitrogens with one attached hydrogen (secondary N) is 2. The van der Waals surface area contributed by atoms with Crippen LogP contribution in [0.15, 0.2) is 0 Å². The first-order valence-electron chi connectivity index (χ1n) is 2.69. The number of amides is 2. The fourth-order valence-electron chi connectivity index (χ4n) is 0.549. The third kappa shape index (κ3) is 1.38. The number of rotatable bonds is 0. The standard InChI is InChI=1S/C5H6N2O3/c6-3-1-10-2-4(8)7-5(3)9/h6H,1-2H2,(H,7,8,9). The molecule has 0 aliphatic carbocycles. The van der Waals surface area contributed by atoms with Crippen molar-refractivity contribution in [2.75, 3.05) is 13.2 Å². The van der Waals surface area contributed by atoms with Crippen molar-refractivity contribution >= 4 is 17.5 Å². The number of hydrogen-bond acceptors (Lipinski definition) is 4. The summed E-state index contributed by atoms with van der Waals surface area (Å²) in [6.07, 6.45) is 0. The molecule has 0 unspecified atom stereocenters. The van der Waals surface area contributed by atoms with E-state index in [2.05, 4.69) is 4.74 Å². The summed E-state index contributed by atoms with van der Waals surface area (Å²) in [6.45, 7) is -0.230. The molecule has 0 spiro atoms. The Morgan fingerprint density at radius 3 is 2.80 bits per heavy atom. The number of carbonyl (C=O) groups is 2. The van der Waals surface area contributed by atoms with Crippen molar-refractivity contribution in [3.05, 3.63) is 0 Å². The Balaban J connectivity index is 2.66. The molecule has 0 saturated carbocycles. The molecule has 10 heavy (non-hydrogen) atoms. The van der Waals surface area contributed by atoms with Crippen molar-refractivity contribution in [1.29, 1.82) is 5.41 Å². The van der Waals surface area contributed by atoms with E-state index in [0.29, 0.717) is 0 Å². The first-order valence-corrected chi connectivity index (χ1v) is 2.69. The van der Waals surface area contributed by atoms with Crippen LogP contribution in [0.2, 0.25) is 0 Å². The summed E-state index contributed by atoms with van der Waals surface area (Å²) in [6, 6.07) is 0. The molecule has 0 radical (unpaired) electrons. The van der Waals surface area contributed by atoms with Crippen LogP contribution in [-0.2, 0) is 14.3 Å². The predicted molar refractivity (Wildman–Crippen MR) is 31.7 cm³/mol. The fraction of sp³-hybridized carbons (Fsp3) is 0.400. The molecule has 0 aromatic rings. The van der Waals surface area contributed by atoms with Crippen LogP contribution in [-0.4, -0.2) is 30.7 Å². The molecule has 0 atom stereocenters. The van der Waals surface area contributed by atoms with Gasteiger partial charge in [0.1, 0.15) is 12.3 Å². The Bertz CT molecular complexity index is 199. The molecule has 0 bridgehead atoms. The third-order valence-corrected chi connectivity index (χ3v) is 1.01. The van der Waals surface area contributed by atoms with Crippen LogP contribution in [0.1, 0.15) is 0 Å². The van der Waals surface area contributed by atoms with Crippen molar-refractivity contribution in [2.24, 2.45) is 0 Å². The summed E-state index contributed by atoms with van der Waals surface area (Å²) in [5, 5.41) is 8.90. The SMILES string of the molecule is N=C1COCC(=O)NC1=O. The van der Waals surface area contributed by atoms with E-state index in [-0.39, 0.29) is 18.9 Å². The number of hydrogen-bond donors (Lipinski definition) is 2. The van der Waals surface area contributed by atoms with Gasteiger partial charge in [-0.05, 0) is 0 Å². The highest BCUT2D eigenvalue weighted by Crippen LogP contribution is 1.85. The van der Waals surface area contributed by atoms with Gasteiger partial charge in [0.15, 0.2) is 0 Å². The number of ether oxygens (including phenoxy) is 1. The lowest BCUT2D eigenvalue weighted by Crippen LogP contribution is -2.34. The normalized spacial score (nSPS) is 20.2. The third-order valence-electron chi connectivity index (χ3n) is 1.01. The smallest absolute Gasteiger partial charge is 0.273 e. The minimum atomic E-state index is -0.664. The monoisotopic (exact) mass is 142 g/mol. The molecule has 5 nitrogen and oxygen atoms in total. The van der Waals surface area contributed by atoms with Gasteiger partial charge in [0.05, 0.1) is 6.61 Å². The van der Waals surface area contributed by atoms with E-state index in [1.165, 1.54) is 0 Å². The van der Waals surface area contributed by atoms with Crippen LogP contribution in [0.4, 0.5) is 0 Å². The molecule has 1 fully saturated rings. The van der Waals surface area contributed by atoms with E-state index in [1.807, 2.05) is 5.32 Å². The maximum Gasteiger partial charge on any atom is 0.273 e. The quantitative estimate of drug-likeness (QED) is 0.411. The van der Waals surface area contributed by atoms with Crippen LogP contribution >= 0.6 is 0 Å². The molecule has 2 N–H and O–H groups in total. The molecule has 54 valence electrons. The number of imide groups is 1. The Morgan fingerprint density at radius 2 is 2.10 bits per heavy atom. The van der Waals surface area contributed by atoms with Gasteiger partial charge in [-0.3, -0.25) is 20.3 Å². The van der Waals surface area contributed by atoms with Gasteiger partial charge in [-0.2, -0.15) is 0 Å². The van der Waals surface area contributed by atoms with Crippen LogP contribution in [0.3, 0.4) is 0 Å². The fourth-order valence-corrected chi connectivity index (χ4v) is 0.549. The van der Waals surface area contributed by atoms with Crippen LogP contribution in [0, 0.1) is 5.41 Å². The van der Waals surface area contributed by atoms with Crippen molar-refractivity contribution in [3.8, 4) is 0 Å². The maximum atomic E-state index is 10.6. The highest BCUT2D eigenvalue weighted by Gasteiger charge is 2.17. The molecule has 0 aromatic carbocycles. The van der Waals surface area contributed by atoms with Crippen molar-refractivity contribution in [1.82, 2.24) is 5.32 Å². The maximum absolute atomic E-state index is 10.6. The summed E-state index contributed by atoms with van der Waals surface area (Å²) >= 11 is 0. The average molecular weight is 142 g/mol. The summed E-state index contributed by atoms with van der Waals surface area (Å²) in [5.74, 6) is -1.16.